The van der Waals surface area contributed by atoms with Gasteiger partial charge in [-0.2, -0.15) is 0 Å². The number of rotatable bonds is 5. The van der Waals surface area contributed by atoms with Gasteiger partial charge in [0.15, 0.2) is 11.6 Å². The number of nitrogens with zero attached hydrogens (tertiary/aromatic N) is 6. The number of carbonyl (C=O) groups is 1. The summed E-state index contributed by atoms with van der Waals surface area (Å²) in [6.07, 6.45) is 3.75. The van der Waals surface area contributed by atoms with Crippen LogP contribution in [-0.4, -0.2) is 64.1 Å². The average Bonchev–Trinajstić information content (AvgIpc) is 3.15. The molecule has 0 saturated carbocycles. The number of hydrogen-bond donors (Lipinski definition) is 1. The van der Waals surface area contributed by atoms with Crippen molar-refractivity contribution in [2.24, 2.45) is 0 Å². The number of morpholine rings is 1. The fraction of sp³-hybridized carbons (Fsp3) is 0.421. The molecule has 0 radical (unpaired) electrons. The Hall–Kier alpha value is -2.85. The summed E-state index contributed by atoms with van der Waals surface area (Å²) in [7, 11) is 1.82. The Morgan fingerprint density at radius 3 is 2.69 bits per heavy atom. The number of carbonyl (C=O) groups excluding carboxylic acids is 1. The van der Waals surface area contributed by atoms with E-state index >= 15 is 0 Å². The predicted molar refractivity (Wildman–Crippen MR) is 113 cm³/mol. The van der Waals surface area contributed by atoms with Crippen molar-refractivity contribution in [3.8, 4) is 11.4 Å². The van der Waals surface area contributed by atoms with Crippen molar-refractivity contribution in [1.29, 1.82) is 0 Å². The molecule has 0 spiro atoms. The molecule has 152 valence electrons. The van der Waals surface area contributed by atoms with Crippen LogP contribution < -0.4 is 10.6 Å². The molecule has 3 aromatic heterocycles. The van der Waals surface area contributed by atoms with E-state index in [0.717, 1.165) is 34.0 Å². The third-order valence-electron chi connectivity index (χ3n) is 4.77. The Balaban J connectivity index is 1.77. The van der Waals surface area contributed by atoms with Gasteiger partial charge in [-0.05, 0) is 6.07 Å². The van der Waals surface area contributed by atoms with E-state index in [1.165, 1.54) is 0 Å². The number of ether oxygens (including phenoxy) is 1. The van der Waals surface area contributed by atoms with Crippen LogP contribution in [0.15, 0.2) is 18.5 Å². The smallest absolute Gasteiger partial charge is 0.222 e. The maximum atomic E-state index is 12.0. The Morgan fingerprint density at radius 2 is 2.00 bits per heavy atom. The van der Waals surface area contributed by atoms with Crippen LogP contribution in [0.2, 0.25) is 0 Å². The van der Waals surface area contributed by atoms with Crippen molar-refractivity contribution in [3.05, 3.63) is 23.3 Å². The van der Waals surface area contributed by atoms with Crippen LogP contribution in [0.5, 0.6) is 0 Å². The molecule has 1 aliphatic heterocycles. The molecule has 3 aromatic rings. The first kappa shape index (κ1) is 19.5. The molecular formula is C19H23N7O2S. The highest BCUT2D eigenvalue weighted by molar-refractivity contribution is 7.19. The summed E-state index contributed by atoms with van der Waals surface area (Å²) in [4.78, 5) is 34.7. The SMILES string of the molecule is CCC(=O)N(C)Cc1cc2nc(-c3cnc(N)nc3)nc(N3CCOCC3)c2s1. The largest absolute Gasteiger partial charge is 0.378 e. The normalized spacial score (nSPS) is 14.3. The van der Waals surface area contributed by atoms with Crippen LogP contribution in [0.1, 0.15) is 18.2 Å². The Bertz CT molecular complexity index is 1020. The molecule has 10 heteroatoms. The topological polar surface area (TPSA) is 110 Å². The van der Waals surface area contributed by atoms with Crippen LogP contribution in [0.3, 0.4) is 0 Å². The van der Waals surface area contributed by atoms with E-state index in [1.807, 2.05) is 20.0 Å². The minimum Gasteiger partial charge on any atom is -0.378 e. The fourth-order valence-corrected chi connectivity index (χ4v) is 4.37. The highest BCUT2D eigenvalue weighted by Gasteiger charge is 2.21. The zero-order valence-corrected chi connectivity index (χ0v) is 17.3. The summed E-state index contributed by atoms with van der Waals surface area (Å²) in [5, 5.41) is 0. The molecule has 0 atom stereocenters. The highest BCUT2D eigenvalue weighted by Crippen LogP contribution is 2.34. The monoisotopic (exact) mass is 413 g/mol. The van der Waals surface area contributed by atoms with Gasteiger partial charge in [0.05, 0.1) is 35.5 Å². The second-order valence-corrected chi connectivity index (χ2v) is 7.97. The number of amides is 1. The Labute approximate surface area is 172 Å². The van der Waals surface area contributed by atoms with Gasteiger partial charge in [0.2, 0.25) is 11.9 Å². The van der Waals surface area contributed by atoms with Crippen LogP contribution in [-0.2, 0) is 16.1 Å². The first-order valence-corrected chi connectivity index (χ1v) is 10.3. The minimum absolute atomic E-state index is 0.113. The minimum atomic E-state index is 0.113. The van der Waals surface area contributed by atoms with Crippen LogP contribution in [0, 0.1) is 0 Å². The zero-order valence-electron chi connectivity index (χ0n) is 16.5. The van der Waals surface area contributed by atoms with Crippen molar-refractivity contribution in [3.63, 3.8) is 0 Å². The molecule has 2 N–H and O–H groups in total. The summed E-state index contributed by atoms with van der Waals surface area (Å²) < 4.78 is 6.51. The third kappa shape index (κ3) is 4.13. The van der Waals surface area contributed by atoms with E-state index in [0.29, 0.717) is 37.6 Å². The summed E-state index contributed by atoms with van der Waals surface area (Å²) in [6.45, 7) is 5.29. The number of nitrogens with two attached hydrogens (primary N) is 1. The quantitative estimate of drug-likeness (QED) is 0.676. The van der Waals surface area contributed by atoms with Crippen molar-refractivity contribution >= 4 is 39.2 Å². The van der Waals surface area contributed by atoms with E-state index in [2.05, 4.69) is 14.9 Å². The van der Waals surface area contributed by atoms with Crippen molar-refractivity contribution in [2.45, 2.75) is 19.9 Å². The maximum absolute atomic E-state index is 12.0. The molecule has 1 aliphatic rings. The first-order valence-electron chi connectivity index (χ1n) is 9.50. The maximum Gasteiger partial charge on any atom is 0.222 e. The Kier molecular flexibility index (Phi) is 5.54. The average molecular weight is 414 g/mol. The van der Waals surface area contributed by atoms with Crippen molar-refractivity contribution in [2.75, 3.05) is 44.0 Å². The second kappa shape index (κ2) is 8.26. The molecule has 4 heterocycles. The summed E-state index contributed by atoms with van der Waals surface area (Å²) >= 11 is 1.63. The van der Waals surface area contributed by atoms with Crippen LogP contribution >= 0.6 is 11.3 Å². The highest BCUT2D eigenvalue weighted by atomic mass is 32.1. The summed E-state index contributed by atoms with van der Waals surface area (Å²) in [5.74, 6) is 1.76. The lowest BCUT2D eigenvalue weighted by Gasteiger charge is -2.28. The second-order valence-electron chi connectivity index (χ2n) is 6.83. The number of nitrogen functional groups attached to an aromatic ring is 1. The molecule has 0 unspecified atom stereocenters. The van der Waals surface area contributed by atoms with Crippen LogP contribution in [0.25, 0.3) is 21.6 Å². The van der Waals surface area contributed by atoms with Gasteiger partial charge in [0.25, 0.3) is 0 Å². The van der Waals surface area contributed by atoms with Gasteiger partial charge < -0.3 is 20.3 Å². The third-order valence-corrected chi connectivity index (χ3v) is 5.87. The molecule has 1 saturated heterocycles. The fourth-order valence-electron chi connectivity index (χ4n) is 3.21. The van der Waals surface area contributed by atoms with Gasteiger partial charge in [0, 0.05) is 43.8 Å². The van der Waals surface area contributed by atoms with Gasteiger partial charge in [-0.1, -0.05) is 6.92 Å². The van der Waals surface area contributed by atoms with Gasteiger partial charge in [-0.25, -0.2) is 19.9 Å². The number of thiophene rings is 1. The first-order chi connectivity index (χ1) is 14.0. The number of fused-ring (bicyclic) bond motifs is 1. The molecular weight excluding hydrogens is 390 g/mol. The van der Waals surface area contributed by atoms with Gasteiger partial charge in [-0.15, -0.1) is 11.3 Å². The Morgan fingerprint density at radius 1 is 1.28 bits per heavy atom. The van der Waals surface area contributed by atoms with Crippen molar-refractivity contribution < 1.29 is 9.53 Å². The van der Waals surface area contributed by atoms with E-state index in [1.54, 1.807) is 28.6 Å². The molecule has 0 aliphatic carbocycles. The van der Waals surface area contributed by atoms with Gasteiger partial charge >= 0.3 is 0 Å². The summed E-state index contributed by atoms with van der Waals surface area (Å²) in [6, 6.07) is 2.03. The number of anilines is 2. The summed E-state index contributed by atoms with van der Waals surface area (Å²) in [5.41, 5.74) is 7.17. The number of hydrogen-bond acceptors (Lipinski definition) is 9. The molecule has 1 fully saturated rings. The zero-order chi connectivity index (χ0) is 20.4. The molecule has 0 aromatic carbocycles. The van der Waals surface area contributed by atoms with E-state index in [-0.39, 0.29) is 11.9 Å². The van der Waals surface area contributed by atoms with Gasteiger partial charge in [0.1, 0.15) is 0 Å². The van der Waals surface area contributed by atoms with E-state index in [9.17, 15) is 4.79 Å². The molecule has 1 amide bonds. The number of aromatic nitrogens is 4. The van der Waals surface area contributed by atoms with Gasteiger partial charge in [-0.3, -0.25) is 4.79 Å². The molecule has 29 heavy (non-hydrogen) atoms. The van der Waals surface area contributed by atoms with Crippen molar-refractivity contribution in [1.82, 2.24) is 24.8 Å². The molecule has 9 nitrogen and oxygen atoms in total. The standard InChI is InChI=1S/C19H23N7O2S/c1-3-15(27)25(2)11-13-8-14-16(29-13)18(26-4-6-28-7-5-26)24-17(23-14)12-9-21-19(20)22-10-12/h8-10H,3-7,11H2,1-2H3,(H2,20,21,22). The molecule has 4 rings (SSSR count). The molecule has 0 bridgehead atoms. The lowest BCUT2D eigenvalue weighted by atomic mass is 10.3. The lowest BCUT2D eigenvalue weighted by molar-refractivity contribution is -0.130. The van der Waals surface area contributed by atoms with Crippen LogP contribution in [0.4, 0.5) is 11.8 Å². The predicted octanol–water partition coefficient (Wildman–Crippen LogP) is 1.94. The van der Waals surface area contributed by atoms with E-state index in [4.69, 9.17) is 20.4 Å². The van der Waals surface area contributed by atoms with E-state index < -0.39 is 0 Å². The lowest BCUT2D eigenvalue weighted by Crippen LogP contribution is -2.36.